The molecule has 16 heteroatoms. The van der Waals surface area contributed by atoms with Crippen LogP contribution < -0.4 is 16.0 Å². The van der Waals surface area contributed by atoms with Gasteiger partial charge < -0.3 is 44.7 Å². The van der Waals surface area contributed by atoms with Crippen LogP contribution in [-0.2, 0) is 52.5 Å². The lowest BCUT2D eigenvalue weighted by molar-refractivity contribution is -0.228. The van der Waals surface area contributed by atoms with Crippen molar-refractivity contribution in [2.75, 3.05) is 13.2 Å². The van der Waals surface area contributed by atoms with Crippen LogP contribution in [0.4, 0.5) is 4.79 Å². The van der Waals surface area contributed by atoms with Gasteiger partial charge in [-0.3, -0.25) is 24.0 Å². The van der Waals surface area contributed by atoms with Crippen LogP contribution in [0.3, 0.4) is 0 Å². The van der Waals surface area contributed by atoms with Gasteiger partial charge in [-0.2, -0.15) is 0 Å². The quantitative estimate of drug-likeness (QED) is 0.182. The molecule has 4 rings (SSSR count). The second-order valence-electron chi connectivity index (χ2n) is 11.4. The van der Waals surface area contributed by atoms with Crippen molar-refractivity contribution >= 4 is 41.8 Å². The number of aliphatic carboxylic acids is 1. The van der Waals surface area contributed by atoms with E-state index in [0.717, 1.165) is 49.9 Å². The van der Waals surface area contributed by atoms with Crippen molar-refractivity contribution in [3.8, 4) is 11.1 Å². The first-order valence-electron chi connectivity index (χ1n) is 15.3. The van der Waals surface area contributed by atoms with Gasteiger partial charge in [-0.25, -0.2) is 9.59 Å². The number of amides is 3. The smallest absolute Gasteiger partial charge is 0.407 e. The number of nitrogens with one attached hydrogen (secondary N) is 3. The molecule has 0 spiro atoms. The lowest BCUT2D eigenvalue weighted by Gasteiger charge is -2.45. The molecular weight excluding hydrogens is 646 g/mol. The second kappa shape index (κ2) is 16.1. The van der Waals surface area contributed by atoms with E-state index in [2.05, 4.69) is 16.0 Å². The highest BCUT2D eigenvalue weighted by molar-refractivity contribution is 5.87. The highest BCUT2D eigenvalue weighted by Crippen LogP contribution is 2.44. The van der Waals surface area contributed by atoms with Gasteiger partial charge in [-0.1, -0.05) is 48.5 Å². The molecular formula is C33H37N3O13. The van der Waals surface area contributed by atoms with Crippen LogP contribution in [0.2, 0.25) is 0 Å². The third-order valence-corrected chi connectivity index (χ3v) is 7.74. The molecule has 2 aromatic rings. The Morgan fingerprint density at radius 1 is 0.755 bits per heavy atom. The summed E-state index contributed by atoms with van der Waals surface area (Å²) in [5, 5.41) is 16.9. The summed E-state index contributed by atoms with van der Waals surface area (Å²) < 4.78 is 27.0. The van der Waals surface area contributed by atoms with Crippen molar-refractivity contribution in [2.24, 2.45) is 0 Å². The fourth-order valence-corrected chi connectivity index (χ4v) is 5.84. The van der Waals surface area contributed by atoms with Gasteiger partial charge in [0.2, 0.25) is 11.8 Å². The van der Waals surface area contributed by atoms with Gasteiger partial charge in [0.1, 0.15) is 31.4 Å². The standard InChI is InChI=1S/C33H37N3O13/c1-16(37)34-28-30(48-19(4)40)29(47-18(3)39)26(15-45-17(2)38)49-31(28)36-27(41)13-25(32(42)43)35-33(44)46-14-24-22-11-7-5-9-20(22)21-10-6-8-12-23(21)24/h5-12,24-26,28-31H,13-15H2,1-4H3,(H,34,37)(H,35,44)(H,36,41)(H,42,43)/t25-,26+,28-,29-,30+,31+/m0/s1. The van der Waals surface area contributed by atoms with Crippen molar-refractivity contribution in [3.63, 3.8) is 0 Å². The molecule has 49 heavy (non-hydrogen) atoms. The molecule has 0 bridgehead atoms. The highest BCUT2D eigenvalue weighted by atomic mass is 16.6. The Morgan fingerprint density at radius 3 is 1.86 bits per heavy atom. The Kier molecular flexibility index (Phi) is 11.9. The normalized spacial score (nSPS) is 21.5. The third kappa shape index (κ3) is 9.31. The zero-order valence-electron chi connectivity index (χ0n) is 27.1. The molecule has 0 unspecified atom stereocenters. The third-order valence-electron chi connectivity index (χ3n) is 7.74. The van der Waals surface area contributed by atoms with Crippen LogP contribution in [0.5, 0.6) is 0 Å². The number of hydrogen-bond donors (Lipinski definition) is 4. The van der Waals surface area contributed by atoms with Crippen molar-refractivity contribution in [3.05, 3.63) is 59.7 Å². The van der Waals surface area contributed by atoms with Crippen molar-refractivity contribution in [2.45, 2.75) is 76.7 Å². The topological polar surface area (TPSA) is 222 Å². The molecule has 3 amide bonds. The summed E-state index contributed by atoms with van der Waals surface area (Å²) in [7, 11) is 0. The SMILES string of the molecule is CC(=O)N[C@H]1[C@@H](OC(C)=O)[C@@H](OC(C)=O)[C@@H](COC(C)=O)O[C@H]1NC(=O)C[C@H](NC(=O)OCC1c2ccccc2-c2ccccc21)C(=O)O. The molecule has 2 aromatic carbocycles. The van der Waals surface area contributed by atoms with E-state index in [0.29, 0.717) is 0 Å². The Labute approximate surface area is 280 Å². The minimum Gasteiger partial charge on any atom is -0.480 e. The number of benzene rings is 2. The van der Waals surface area contributed by atoms with Crippen LogP contribution in [0.1, 0.15) is 51.2 Å². The molecule has 1 heterocycles. The summed E-state index contributed by atoms with van der Waals surface area (Å²) in [6, 6.07) is 12.2. The van der Waals surface area contributed by atoms with E-state index in [-0.39, 0.29) is 12.5 Å². The molecule has 6 atom stereocenters. The Morgan fingerprint density at radius 2 is 1.33 bits per heavy atom. The summed E-state index contributed by atoms with van der Waals surface area (Å²) in [4.78, 5) is 85.8. The first-order chi connectivity index (χ1) is 23.2. The van der Waals surface area contributed by atoms with E-state index >= 15 is 0 Å². The number of rotatable bonds is 12. The molecule has 0 radical (unpaired) electrons. The minimum absolute atomic E-state index is 0.0997. The lowest BCUT2D eigenvalue weighted by Crippen LogP contribution is -2.69. The van der Waals surface area contributed by atoms with Crippen molar-refractivity contribution in [1.82, 2.24) is 16.0 Å². The zero-order valence-corrected chi connectivity index (χ0v) is 27.1. The second-order valence-corrected chi connectivity index (χ2v) is 11.4. The number of ether oxygens (including phenoxy) is 5. The van der Waals surface area contributed by atoms with Crippen LogP contribution in [0.15, 0.2) is 48.5 Å². The average molecular weight is 684 g/mol. The summed E-state index contributed by atoms with van der Waals surface area (Å²) in [6.45, 7) is 3.77. The van der Waals surface area contributed by atoms with Crippen molar-refractivity contribution in [1.29, 1.82) is 0 Å². The summed E-state index contributed by atoms with van der Waals surface area (Å²) in [5.74, 6) is -5.83. The molecule has 0 saturated carbocycles. The number of carboxylic acid groups (broad SMARTS) is 1. The fraction of sp³-hybridized carbons (Fsp3) is 0.424. The predicted octanol–water partition coefficient (Wildman–Crippen LogP) is 1.14. The monoisotopic (exact) mass is 683 g/mol. The van der Waals surface area contributed by atoms with E-state index in [1.54, 1.807) is 0 Å². The Balaban J connectivity index is 1.46. The number of carbonyl (C=O) groups is 7. The van der Waals surface area contributed by atoms with E-state index in [1.807, 2.05) is 48.5 Å². The number of esters is 3. The van der Waals surface area contributed by atoms with Gasteiger partial charge in [0.25, 0.3) is 0 Å². The maximum atomic E-state index is 13.2. The van der Waals surface area contributed by atoms with E-state index < -0.39 is 91.4 Å². The molecule has 0 aromatic heterocycles. The molecule has 1 aliphatic carbocycles. The molecule has 4 N–H and O–H groups in total. The fourth-order valence-electron chi connectivity index (χ4n) is 5.84. The summed E-state index contributed by atoms with van der Waals surface area (Å²) in [6.07, 6.45) is -7.55. The largest absolute Gasteiger partial charge is 0.480 e. The molecule has 1 aliphatic heterocycles. The van der Waals surface area contributed by atoms with Crippen LogP contribution in [0, 0.1) is 0 Å². The van der Waals surface area contributed by atoms with E-state index in [1.165, 1.54) is 0 Å². The maximum absolute atomic E-state index is 13.2. The Bertz CT molecular complexity index is 1570. The predicted molar refractivity (Wildman–Crippen MR) is 166 cm³/mol. The maximum Gasteiger partial charge on any atom is 0.407 e. The average Bonchev–Trinajstić information content (AvgIpc) is 3.34. The number of alkyl carbamates (subject to hydrolysis) is 1. The van der Waals surface area contributed by atoms with Crippen LogP contribution >= 0.6 is 0 Å². The molecule has 16 nitrogen and oxygen atoms in total. The van der Waals surface area contributed by atoms with E-state index in [9.17, 15) is 38.7 Å². The zero-order chi connectivity index (χ0) is 35.8. The molecule has 2 aliphatic rings. The molecule has 1 saturated heterocycles. The molecule has 1 fully saturated rings. The summed E-state index contributed by atoms with van der Waals surface area (Å²) >= 11 is 0. The van der Waals surface area contributed by atoms with Gasteiger partial charge >= 0.3 is 30.0 Å². The highest BCUT2D eigenvalue weighted by Gasteiger charge is 2.51. The number of carbonyl (C=O) groups excluding carboxylic acids is 6. The summed E-state index contributed by atoms with van der Waals surface area (Å²) in [5.41, 5.74) is 3.89. The van der Waals surface area contributed by atoms with Crippen LogP contribution in [-0.4, -0.2) is 96.7 Å². The first-order valence-corrected chi connectivity index (χ1v) is 15.3. The van der Waals surface area contributed by atoms with E-state index in [4.69, 9.17) is 23.7 Å². The molecule has 262 valence electrons. The van der Waals surface area contributed by atoms with Gasteiger partial charge in [-0.15, -0.1) is 0 Å². The van der Waals surface area contributed by atoms with Gasteiger partial charge in [0, 0.05) is 33.6 Å². The van der Waals surface area contributed by atoms with Crippen molar-refractivity contribution < 1.29 is 62.4 Å². The number of fused-ring (bicyclic) bond motifs is 3. The first kappa shape index (κ1) is 36.3. The van der Waals surface area contributed by atoms with Gasteiger partial charge in [-0.05, 0) is 22.3 Å². The van der Waals surface area contributed by atoms with Gasteiger partial charge in [0.15, 0.2) is 18.4 Å². The lowest BCUT2D eigenvalue weighted by atomic mass is 9.95. The van der Waals surface area contributed by atoms with Crippen LogP contribution in [0.25, 0.3) is 11.1 Å². The Hall–Kier alpha value is -5.51. The minimum atomic E-state index is -1.76. The number of hydrogen-bond acceptors (Lipinski definition) is 12. The van der Waals surface area contributed by atoms with Gasteiger partial charge in [0.05, 0.1) is 6.42 Å². The number of carboxylic acids is 1.